The largest absolute Gasteiger partial charge is 0.376 e. The lowest BCUT2D eigenvalue weighted by Crippen LogP contribution is -2.60. The highest BCUT2D eigenvalue weighted by molar-refractivity contribution is 4.99. The Bertz CT molecular complexity index is 1510. The first-order chi connectivity index (χ1) is 36.3. The van der Waals surface area contributed by atoms with Gasteiger partial charge in [0.25, 0.3) is 0 Å². The molecule has 3 unspecified atom stereocenters. The van der Waals surface area contributed by atoms with E-state index >= 15 is 0 Å². The first-order valence-electron chi connectivity index (χ1n) is 32.5. The van der Waals surface area contributed by atoms with Crippen LogP contribution in [-0.4, -0.2) is 220 Å². The fourth-order valence-corrected chi connectivity index (χ4v) is 10.7. The second-order valence-electron chi connectivity index (χ2n) is 32.5. The Hall–Kier alpha value is -0.480. The van der Waals surface area contributed by atoms with Crippen molar-refractivity contribution >= 4 is 0 Å². The normalized spacial score (nSPS) is 23.7. The third-order valence-corrected chi connectivity index (χ3v) is 15.7. The van der Waals surface area contributed by atoms with E-state index in [4.69, 9.17) is 23.7 Å². The van der Waals surface area contributed by atoms with Crippen LogP contribution in [0.15, 0.2) is 0 Å². The molecule has 1 N–H and O–H groups in total. The van der Waals surface area contributed by atoms with Gasteiger partial charge in [-0.25, -0.2) is 0 Å². The van der Waals surface area contributed by atoms with Gasteiger partial charge in [0.05, 0.1) is 60.5 Å². The average molecular weight is 1140 g/mol. The van der Waals surface area contributed by atoms with Crippen LogP contribution in [0.1, 0.15) is 236 Å². The van der Waals surface area contributed by atoms with Crippen molar-refractivity contribution in [3.8, 4) is 0 Å². The zero-order valence-corrected chi connectivity index (χ0v) is 59.5. The molecule has 5 aliphatic rings. The quantitative estimate of drug-likeness (QED) is 0.168. The zero-order valence-electron chi connectivity index (χ0n) is 59.5. The summed E-state index contributed by atoms with van der Waals surface area (Å²) < 4.78 is 29.4. The molecule has 3 atom stereocenters. The van der Waals surface area contributed by atoms with Gasteiger partial charge in [-0.1, -0.05) is 13.3 Å². The summed E-state index contributed by atoms with van der Waals surface area (Å²) in [4.78, 5) is 14.5. The fraction of sp³-hybridized carbons (Fsp3) is 1.00. The van der Waals surface area contributed by atoms with Crippen LogP contribution >= 0.6 is 0 Å². The highest BCUT2D eigenvalue weighted by atomic mass is 16.5. The molecule has 0 spiro atoms. The van der Waals surface area contributed by atoms with Gasteiger partial charge in [0.1, 0.15) is 0 Å². The van der Waals surface area contributed by atoms with Gasteiger partial charge in [-0.15, -0.1) is 0 Å². The number of nitrogens with one attached hydrogen (secondary N) is 1. The van der Waals surface area contributed by atoms with Crippen molar-refractivity contribution in [2.75, 3.05) is 134 Å². The van der Waals surface area contributed by atoms with Gasteiger partial charge in [0.2, 0.25) is 0 Å². The van der Waals surface area contributed by atoms with Crippen LogP contribution in [0.3, 0.4) is 0 Å². The van der Waals surface area contributed by atoms with E-state index in [1.165, 1.54) is 123 Å². The van der Waals surface area contributed by atoms with Crippen LogP contribution in [0.2, 0.25) is 0 Å². The minimum Gasteiger partial charge on any atom is -0.376 e. The predicted octanol–water partition coefficient (Wildman–Crippen LogP) is 13.9. The molecule has 0 amide bonds. The Morgan fingerprint density at radius 1 is 0.487 bits per heavy atom. The Labute approximate surface area is 501 Å². The molecule has 5 aliphatic heterocycles. The number of likely N-dealkylation sites (N-methyl/N-ethyl adjacent to an activating group) is 1. The monoisotopic (exact) mass is 1140 g/mol. The molecule has 5 rings (SSSR count). The summed E-state index contributed by atoms with van der Waals surface area (Å²) in [6.07, 6.45) is 15.8. The van der Waals surface area contributed by atoms with Gasteiger partial charge in [-0.2, -0.15) is 0 Å². The van der Waals surface area contributed by atoms with E-state index in [2.05, 4.69) is 236 Å². The smallest absolute Gasteiger partial charge is 0.0628 e. The number of ether oxygens (including phenoxy) is 5. The standard InChI is InChI=1S/C14H29NO.C12H25NO.3C11H23NO.C9H22N2/c1-12(2,3)16-11-9-13(4,5)15(8)14(6,7)10-11;1-5-13-8-6-7-11(9-13)10-14-12(2,3)4;1-11(2,3)13-9-10-5-7-12(4)8-6-10;1-11(2,3)13-9-10-6-5-7-12(4)8-10;1-11(2,3)13-9-10-7-5-6-8-12(10)4;1-9(2,3)10-7-6-8-11(4)5/h11H,9-10H2,1-8H3;11H,5-10H2,1-4H3;3*10H,5-9H2,1-4H3;10H,6-8H2,1-5H3. The lowest BCUT2D eigenvalue weighted by Gasteiger charge is -2.54. The van der Waals surface area contributed by atoms with Gasteiger partial charge >= 0.3 is 0 Å². The molecule has 0 saturated carbocycles. The lowest BCUT2D eigenvalue weighted by atomic mass is 9.78. The maximum absolute atomic E-state index is 6.17. The molecular weight excluding hydrogens is 995 g/mol. The maximum Gasteiger partial charge on any atom is 0.0628 e. The molecule has 0 aromatic carbocycles. The molecule has 5 fully saturated rings. The molecule has 0 bridgehead atoms. The lowest BCUT2D eigenvalue weighted by molar-refractivity contribution is -0.136. The number of piperidine rings is 5. The van der Waals surface area contributed by atoms with Crippen LogP contribution in [0.4, 0.5) is 0 Å². The molecule has 5 saturated heterocycles. The molecule has 5 heterocycles. The minimum absolute atomic E-state index is 0.0122. The summed E-state index contributed by atoms with van der Waals surface area (Å²) in [7, 11) is 13.0. The van der Waals surface area contributed by atoms with Crippen molar-refractivity contribution in [2.24, 2.45) is 17.8 Å². The molecular formula is C68H145N7O5. The summed E-state index contributed by atoms with van der Waals surface area (Å²) in [5.74, 6) is 2.29. The molecule has 0 aromatic rings. The van der Waals surface area contributed by atoms with Crippen molar-refractivity contribution in [3.05, 3.63) is 0 Å². The van der Waals surface area contributed by atoms with Crippen molar-refractivity contribution in [1.82, 2.24) is 34.7 Å². The predicted molar refractivity (Wildman–Crippen MR) is 349 cm³/mol. The molecule has 0 aromatic heterocycles. The van der Waals surface area contributed by atoms with Gasteiger partial charge in [-0.05, 0) is 335 Å². The van der Waals surface area contributed by atoms with Crippen molar-refractivity contribution in [1.29, 1.82) is 0 Å². The third-order valence-electron chi connectivity index (χ3n) is 15.7. The van der Waals surface area contributed by atoms with E-state index in [0.717, 1.165) is 63.6 Å². The highest BCUT2D eigenvalue weighted by Crippen LogP contribution is 2.39. The molecule has 0 aliphatic carbocycles. The first-order valence-corrected chi connectivity index (χ1v) is 32.5. The molecule has 80 heavy (non-hydrogen) atoms. The SMILES string of the molecule is CCN1CCCC(COC(C)(C)C)C1.CN(C)CCCNC(C)(C)C.CN1C(C)(C)CC(OC(C)(C)C)CC1(C)C.CN1CCC(COC(C)(C)C)CC1.CN1CCCC(COC(C)(C)C)C1.CN1CCCCC1COC(C)(C)C. The first kappa shape index (κ1) is 79.5. The Morgan fingerprint density at radius 2 is 0.938 bits per heavy atom. The summed E-state index contributed by atoms with van der Waals surface area (Å²) in [6, 6.07) is 0.646. The fourth-order valence-electron chi connectivity index (χ4n) is 10.7. The van der Waals surface area contributed by atoms with Crippen LogP contribution < -0.4 is 5.32 Å². The van der Waals surface area contributed by atoms with E-state index < -0.39 is 0 Å². The van der Waals surface area contributed by atoms with Crippen LogP contribution in [0, 0.1) is 17.8 Å². The highest BCUT2D eigenvalue weighted by Gasteiger charge is 2.44. The second kappa shape index (κ2) is 37.3. The van der Waals surface area contributed by atoms with Gasteiger partial charge in [0.15, 0.2) is 0 Å². The molecule has 12 heteroatoms. The van der Waals surface area contributed by atoms with E-state index in [0.29, 0.717) is 12.1 Å². The Morgan fingerprint density at radius 3 is 1.35 bits per heavy atom. The Balaban J connectivity index is 0.000000939. The number of likely N-dealkylation sites (tertiary alicyclic amines) is 5. The van der Waals surface area contributed by atoms with Gasteiger partial charge < -0.3 is 53.5 Å². The summed E-state index contributed by atoms with van der Waals surface area (Å²) in [6.45, 7) is 65.9. The van der Waals surface area contributed by atoms with Crippen LogP contribution in [0.25, 0.3) is 0 Å². The number of hydrogen-bond acceptors (Lipinski definition) is 12. The molecule has 482 valence electrons. The molecule has 12 nitrogen and oxygen atoms in total. The van der Waals surface area contributed by atoms with Crippen molar-refractivity contribution in [2.45, 2.75) is 293 Å². The number of nitrogens with zero attached hydrogens (tertiary/aromatic N) is 6. The van der Waals surface area contributed by atoms with E-state index in [1.807, 2.05) is 0 Å². The summed E-state index contributed by atoms with van der Waals surface area (Å²) in [5, 5.41) is 3.45. The van der Waals surface area contributed by atoms with Crippen molar-refractivity contribution < 1.29 is 23.7 Å². The second-order valence-corrected chi connectivity index (χ2v) is 32.5. The number of hydrogen-bond donors (Lipinski definition) is 1. The average Bonchev–Trinajstić information content (AvgIpc) is 3.29. The topological polar surface area (TPSA) is 77.6 Å². The molecule has 0 radical (unpaired) electrons. The van der Waals surface area contributed by atoms with Crippen molar-refractivity contribution in [3.63, 3.8) is 0 Å². The Kier molecular flexibility index (Phi) is 37.0. The van der Waals surface area contributed by atoms with Gasteiger partial charge in [0, 0.05) is 35.7 Å². The minimum atomic E-state index is -0.0350. The summed E-state index contributed by atoms with van der Waals surface area (Å²) in [5.41, 5.74) is 0.764. The van der Waals surface area contributed by atoms with E-state index in [-0.39, 0.29) is 44.6 Å². The third kappa shape index (κ3) is 44.0. The summed E-state index contributed by atoms with van der Waals surface area (Å²) >= 11 is 0. The van der Waals surface area contributed by atoms with Crippen LogP contribution in [0.5, 0.6) is 0 Å². The van der Waals surface area contributed by atoms with Crippen LogP contribution in [-0.2, 0) is 23.7 Å². The maximum atomic E-state index is 6.17. The van der Waals surface area contributed by atoms with E-state index in [1.54, 1.807) is 0 Å². The number of rotatable bonds is 14. The zero-order chi connectivity index (χ0) is 62.0. The van der Waals surface area contributed by atoms with E-state index in [9.17, 15) is 0 Å². The van der Waals surface area contributed by atoms with Gasteiger partial charge in [-0.3, -0.25) is 4.90 Å².